The molecule has 1 aromatic rings. The summed E-state index contributed by atoms with van der Waals surface area (Å²) >= 11 is 0. The minimum Gasteiger partial charge on any atom is -0.508 e. The number of phenolic OH excluding ortho intramolecular Hbond substituents is 2. The second-order valence-electron chi connectivity index (χ2n) is 4.37. The van der Waals surface area contributed by atoms with Crippen molar-refractivity contribution in [2.24, 2.45) is 11.1 Å². The van der Waals surface area contributed by atoms with Gasteiger partial charge in [0.15, 0.2) is 0 Å². The van der Waals surface area contributed by atoms with Gasteiger partial charge in [-0.05, 0) is 18.2 Å². The molecule has 0 fully saturated rings. The second-order valence-corrected chi connectivity index (χ2v) is 4.37. The number of aromatic hydroxyl groups is 2. The Labute approximate surface area is 101 Å². The molecular weight excluding hydrogens is 230 g/mol. The van der Waals surface area contributed by atoms with Gasteiger partial charge in [0, 0.05) is 23.6 Å². The van der Waals surface area contributed by atoms with Crippen LogP contribution in [0.15, 0.2) is 18.2 Å². The van der Waals surface area contributed by atoms with E-state index in [9.17, 15) is 10.2 Å². The molecule has 0 radical (unpaired) electrons. The lowest BCUT2D eigenvalue weighted by Crippen LogP contribution is -2.32. The highest BCUT2D eigenvalue weighted by molar-refractivity contribution is 5.85. The predicted molar refractivity (Wildman–Crippen MR) is 64.8 cm³/mol. The standard InChI is InChI=1S/C11H17NO3.ClH/c1-11(2,6-13)10(12)8-5-7(14)3-4-9(8)15;/h3-5,10,13-15H,6,12H2,1-2H3;1H/t10-;/m0./s1. The molecule has 0 spiro atoms. The molecule has 1 rings (SSSR count). The fourth-order valence-corrected chi connectivity index (χ4v) is 1.31. The van der Waals surface area contributed by atoms with E-state index in [1.165, 1.54) is 18.2 Å². The number of benzene rings is 1. The Morgan fingerprint density at radius 3 is 2.38 bits per heavy atom. The van der Waals surface area contributed by atoms with Crippen LogP contribution in [-0.2, 0) is 0 Å². The Balaban J connectivity index is 0.00000225. The van der Waals surface area contributed by atoms with Crippen molar-refractivity contribution in [2.45, 2.75) is 19.9 Å². The van der Waals surface area contributed by atoms with Gasteiger partial charge in [0.1, 0.15) is 11.5 Å². The third-order valence-corrected chi connectivity index (χ3v) is 2.60. The van der Waals surface area contributed by atoms with Crippen molar-refractivity contribution >= 4 is 12.4 Å². The first-order valence-electron chi connectivity index (χ1n) is 4.77. The average Bonchev–Trinajstić information content (AvgIpc) is 2.20. The number of hydrogen-bond acceptors (Lipinski definition) is 4. The van der Waals surface area contributed by atoms with Gasteiger partial charge < -0.3 is 21.1 Å². The maximum atomic E-state index is 9.59. The molecule has 0 saturated heterocycles. The lowest BCUT2D eigenvalue weighted by molar-refractivity contribution is 0.131. The molecule has 1 aromatic carbocycles. The van der Waals surface area contributed by atoms with E-state index in [1.54, 1.807) is 13.8 Å². The second kappa shape index (κ2) is 5.39. The molecule has 0 aliphatic carbocycles. The smallest absolute Gasteiger partial charge is 0.120 e. The van der Waals surface area contributed by atoms with Crippen molar-refractivity contribution in [3.8, 4) is 11.5 Å². The lowest BCUT2D eigenvalue weighted by atomic mass is 9.81. The Morgan fingerprint density at radius 1 is 1.31 bits per heavy atom. The zero-order chi connectivity index (χ0) is 11.6. The van der Waals surface area contributed by atoms with Crippen LogP contribution in [0, 0.1) is 5.41 Å². The molecule has 0 unspecified atom stereocenters. The summed E-state index contributed by atoms with van der Waals surface area (Å²) in [7, 11) is 0. The summed E-state index contributed by atoms with van der Waals surface area (Å²) in [6.45, 7) is 3.49. The monoisotopic (exact) mass is 247 g/mol. The summed E-state index contributed by atoms with van der Waals surface area (Å²) in [6, 6.07) is 3.65. The van der Waals surface area contributed by atoms with Crippen LogP contribution in [0.4, 0.5) is 0 Å². The van der Waals surface area contributed by atoms with Crippen LogP contribution in [0.1, 0.15) is 25.5 Å². The summed E-state index contributed by atoms with van der Waals surface area (Å²) in [6.07, 6.45) is 0. The molecule has 0 aliphatic rings. The molecule has 16 heavy (non-hydrogen) atoms. The quantitative estimate of drug-likeness (QED) is 0.611. The van der Waals surface area contributed by atoms with Crippen LogP contribution in [-0.4, -0.2) is 21.9 Å². The Hall–Kier alpha value is -0.970. The van der Waals surface area contributed by atoms with Crippen LogP contribution in [0.3, 0.4) is 0 Å². The summed E-state index contributed by atoms with van der Waals surface area (Å²) < 4.78 is 0. The van der Waals surface area contributed by atoms with Gasteiger partial charge in [0.05, 0.1) is 0 Å². The molecule has 0 heterocycles. The molecule has 5 N–H and O–H groups in total. The topological polar surface area (TPSA) is 86.7 Å². The molecule has 5 heteroatoms. The SMILES string of the molecule is CC(C)(CO)[C@@H](N)c1cc(O)ccc1O.Cl. The molecule has 0 aliphatic heterocycles. The first kappa shape index (κ1) is 15.0. The van der Waals surface area contributed by atoms with E-state index in [4.69, 9.17) is 10.8 Å². The van der Waals surface area contributed by atoms with Crippen LogP contribution in [0.25, 0.3) is 0 Å². The van der Waals surface area contributed by atoms with Crippen LogP contribution >= 0.6 is 12.4 Å². The highest BCUT2D eigenvalue weighted by atomic mass is 35.5. The van der Waals surface area contributed by atoms with E-state index in [1.807, 2.05) is 0 Å². The largest absolute Gasteiger partial charge is 0.508 e. The van der Waals surface area contributed by atoms with Gasteiger partial charge in [-0.3, -0.25) is 0 Å². The maximum Gasteiger partial charge on any atom is 0.120 e. The molecular formula is C11H18ClNO3. The van der Waals surface area contributed by atoms with Crippen molar-refractivity contribution in [3.63, 3.8) is 0 Å². The predicted octanol–water partition coefficient (Wildman–Crippen LogP) is 1.54. The fraction of sp³-hybridized carbons (Fsp3) is 0.455. The normalized spacial score (nSPS) is 13.0. The highest BCUT2D eigenvalue weighted by Crippen LogP contribution is 2.36. The first-order valence-corrected chi connectivity index (χ1v) is 4.77. The minimum absolute atomic E-state index is 0. The van der Waals surface area contributed by atoms with Gasteiger partial charge in [-0.25, -0.2) is 0 Å². The maximum absolute atomic E-state index is 9.59. The number of hydrogen-bond donors (Lipinski definition) is 4. The van der Waals surface area contributed by atoms with Crippen molar-refractivity contribution in [3.05, 3.63) is 23.8 Å². The van der Waals surface area contributed by atoms with Crippen molar-refractivity contribution in [1.29, 1.82) is 0 Å². The molecule has 4 nitrogen and oxygen atoms in total. The van der Waals surface area contributed by atoms with E-state index >= 15 is 0 Å². The zero-order valence-electron chi connectivity index (χ0n) is 9.34. The molecule has 0 amide bonds. The van der Waals surface area contributed by atoms with Crippen molar-refractivity contribution in [1.82, 2.24) is 0 Å². The number of nitrogens with two attached hydrogens (primary N) is 1. The summed E-state index contributed by atoms with van der Waals surface area (Å²) in [5.74, 6) is 0.0776. The molecule has 92 valence electrons. The average molecular weight is 248 g/mol. The van der Waals surface area contributed by atoms with Gasteiger partial charge >= 0.3 is 0 Å². The van der Waals surface area contributed by atoms with Crippen LogP contribution in [0.5, 0.6) is 11.5 Å². The molecule has 0 saturated carbocycles. The Kier molecular flexibility index (Phi) is 5.06. The first-order chi connectivity index (χ1) is 6.88. The van der Waals surface area contributed by atoms with Gasteiger partial charge in [-0.2, -0.15) is 0 Å². The number of aliphatic hydroxyl groups is 1. The third kappa shape index (κ3) is 3.01. The fourth-order valence-electron chi connectivity index (χ4n) is 1.31. The van der Waals surface area contributed by atoms with E-state index in [-0.39, 0.29) is 30.5 Å². The molecule has 1 atom stereocenters. The van der Waals surface area contributed by atoms with Gasteiger partial charge in [-0.1, -0.05) is 13.8 Å². The lowest BCUT2D eigenvalue weighted by Gasteiger charge is -2.30. The summed E-state index contributed by atoms with van der Waals surface area (Å²) in [4.78, 5) is 0. The van der Waals surface area contributed by atoms with Crippen molar-refractivity contribution in [2.75, 3.05) is 6.61 Å². The van der Waals surface area contributed by atoms with E-state index in [0.717, 1.165) is 0 Å². The summed E-state index contributed by atoms with van der Waals surface area (Å²) in [5, 5.41) is 28.0. The van der Waals surface area contributed by atoms with Gasteiger partial charge in [-0.15, -0.1) is 12.4 Å². The Bertz CT molecular complexity index is 355. The summed E-state index contributed by atoms with van der Waals surface area (Å²) in [5.41, 5.74) is 5.81. The number of halogens is 1. The Morgan fingerprint density at radius 2 is 1.88 bits per heavy atom. The van der Waals surface area contributed by atoms with Gasteiger partial charge in [0.2, 0.25) is 0 Å². The van der Waals surface area contributed by atoms with Crippen molar-refractivity contribution < 1.29 is 15.3 Å². The molecule has 0 aromatic heterocycles. The third-order valence-electron chi connectivity index (χ3n) is 2.60. The highest BCUT2D eigenvalue weighted by Gasteiger charge is 2.29. The number of phenols is 2. The zero-order valence-corrected chi connectivity index (χ0v) is 10.2. The van der Waals surface area contributed by atoms with E-state index in [2.05, 4.69) is 0 Å². The van der Waals surface area contributed by atoms with E-state index < -0.39 is 11.5 Å². The van der Waals surface area contributed by atoms with E-state index in [0.29, 0.717) is 5.56 Å². The van der Waals surface area contributed by atoms with Crippen LogP contribution in [0.2, 0.25) is 0 Å². The number of rotatable bonds is 3. The minimum atomic E-state index is -0.550. The van der Waals surface area contributed by atoms with Crippen LogP contribution < -0.4 is 5.73 Å². The van der Waals surface area contributed by atoms with Gasteiger partial charge in [0.25, 0.3) is 0 Å². The number of aliphatic hydroxyl groups excluding tert-OH is 1. The molecule has 0 bridgehead atoms.